The van der Waals surface area contributed by atoms with Gasteiger partial charge >= 0.3 is 6.03 Å². The Morgan fingerprint density at radius 3 is 2.71 bits per heavy atom. The molecule has 1 heterocycles. The maximum absolute atomic E-state index is 13.3. The van der Waals surface area contributed by atoms with Crippen molar-refractivity contribution in [3.8, 4) is 0 Å². The van der Waals surface area contributed by atoms with E-state index in [1.54, 1.807) is 11.8 Å². The molecule has 3 rings (SSSR count). The molecule has 0 unspecified atom stereocenters. The second kappa shape index (κ2) is 7.23. The van der Waals surface area contributed by atoms with E-state index in [0.717, 1.165) is 0 Å². The average Bonchev–Trinajstić information content (AvgIpc) is 2.98. The van der Waals surface area contributed by atoms with Crippen LogP contribution in [-0.2, 0) is 0 Å². The van der Waals surface area contributed by atoms with E-state index in [1.165, 1.54) is 23.1 Å². The van der Waals surface area contributed by atoms with Gasteiger partial charge in [-0.1, -0.05) is 48.5 Å². The van der Waals surface area contributed by atoms with E-state index in [9.17, 15) is 9.18 Å². The van der Waals surface area contributed by atoms with Crippen molar-refractivity contribution in [3.63, 3.8) is 0 Å². The van der Waals surface area contributed by atoms with E-state index in [4.69, 9.17) is 11.6 Å². The van der Waals surface area contributed by atoms with Gasteiger partial charge in [0.15, 0.2) is 5.17 Å². The molecule has 0 spiro atoms. The predicted octanol–water partition coefficient (Wildman–Crippen LogP) is 5.01. The number of nitrogens with one attached hydrogen (secondary N) is 1. The van der Waals surface area contributed by atoms with Gasteiger partial charge in [-0.3, -0.25) is 4.99 Å². The van der Waals surface area contributed by atoms with Crippen molar-refractivity contribution in [1.82, 2.24) is 0 Å². The minimum atomic E-state index is -0.529. The minimum Gasteiger partial charge on any atom is -0.307 e. The lowest BCUT2D eigenvalue weighted by Crippen LogP contribution is -2.38. The molecule has 1 N–H and O–H groups in total. The van der Waals surface area contributed by atoms with E-state index >= 15 is 0 Å². The summed E-state index contributed by atoms with van der Waals surface area (Å²) in [5.74, 6) is -0.529. The van der Waals surface area contributed by atoms with Gasteiger partial charge in [-0.25, -0.2) is 14.1 Å². The van der Waals surface area contributed by atoms with Crippen LogP contribution in [0.25, 0.3) is 0 Å². The number of rotatable bonds is 2. The van der Waals surface area contributed by atoms with Crippen molar-refractivity contribution in [2.75, 3.05) is 16.8 Å². The van der Waals surface area contributed by atoms with Crippen LogP contribution in [0.1, 0.15) is 6.92 Å². The third kappa shape index (κ3) is 3.71. The maximum atomic E-state index is 13.3. The highest BCUT2D eigenvalue weighted by atomic mass is 35.5. The van der Waals surface area contributed by atoms with Gasteiger partial charge in [0.05, 0.1) is 17.3 Å². The number of anilines is 2. The fraction of sp³-hybridized carbons (Fsp3) is 0.176. The van der Waals surface area contributed by atoms with Crippen LogP contribution in [0.4, 0.5) is 20.6 Å². The van der Waals surface area contributed by atoms with Crippen LogP contribution in [0, 0.1) is 5.82 Å². The molecule has 0 aliphatic carbocycles. The number of hydrogen-bond donors (Lipinski definition) is 1. The van der Waals surface area contributed by atoms with Crippen molar-refractivity contribution < 1.29 is 9.18 Å². The number of carbonyl (C=O) groups is 1. The van der Waals surface area contributed by atoms with Crippen molar-refractivity contribution in [2.45, 2.75) is 12.2 Å². The van der Waals surface area contributed by atoms with Crippen LogP contribution >= 0.6 is 23.4 Å². The first-order chi connectivity index (χ1) is 11.5. The monoisotopic (exact) mass is 363 g/mol. The van der Waals surface area contributed by atoms with Crippen LogP contribution in [0.5, 0.6) is 0 Å². The summed E-state index contributed by atoms with van der Waals surface area (Å²) in [5, 5.41) is 3.66. The topological polar surface area (TPSA) is 44.7 Å². The number of carbonyl (C=O) groups excluding carboxylic acids is 1. The second-order valence-electron chi connectivity index (χ2n) is 5.28. The van der Waals surface area contributed by atoms with Gasteiger partial charge in [-0.2, -0.15) is 0 Å². The summed E-state index contributed by atoms with van der Waals surface area (Å²) in [5.41, 5.74) is 1.13. The smallest absolute Gasteiger partial charge is 0.307 e. The first-order valence-corrected chi connectivity index (χ1v) is 8.62. The van der Waals surface area contributed by atoms with Crippen LogP contribution in [-0.4, -0.2) is 23.0 Å². The SMILES string of the molecule is C[C@@H]1CN=C(N(C(=O)Nc2ccc(F)c(Cl)c2)c2ccccc2)S1. The van der Waals surface area contributed by atoms with E-state index in [2.05, 4.69) is 17.2 Å². The number of amidine groups is 1. The van der Waals surface area contributed by atoms with Crippen molar-refractivity contribution in [2.24, 2.45) is 4.99 Å². The molecule has 0 saturated heterocycles. The lowest BCUT2D eigenvalue weighted by molar-refractivity contribution is 0.259. The Labute approximate surface area is 148 Å². The zero-order valence-corrected chi connectivity index (χ0v) is 14.4. The van der Waals surface area contributed by atoms with Crippen LogP contribution < -0.4 is 10.2 Å². The lowest BCUT2D eigenvalue weighted by atomic mass is 10.3. The zero-order valence-electron chi connectivity index (χ0n) is 12.9. The molecule has 4 nitrogen and oxygen atoms in total. The molecule has 0 fully saturated rings. The fourth-order valence-electron chi connectivity index (χ4n) is 2.23. The third-order valence-corrected chi connectivity index (χ3v) is 4.73. The molecule has 7 heteroatoms. The molecule has 2 aromatic carbocycles. The standard InChI is InChI=1S/C17H15ClFN3OS/c1-11-10-20-17(24-11)22(13-5-3-2-4-6-13)16(23)21-12-7-8-15(19)14(18)9-12/h2-9,11H,10H2,1H3,(H,21,23)/t11-/m1/s1. The highest BCUT2D eigenvalue weighted by Crippen LogP contribution is 2.28. The molecule has 2 aromatic rings. The number of benzene rings is 2. The summed E-state index contributed by atoms with van der Waals surface area (Å²) in [4.78, 5) is 18.8. The summed E-state index contributed by atoms with van der Waals surface area (Å²) in [7, 11) is 0. The normalized spacial score (nSPS) is 16.6. The Morgan fingerprint density at radius 2 is 2.08 bits per heavy atom. The molecule has 24 heavy (non-hydrogen) atoms. The van der Waals surface area contributed by atoms with Crippen LogP contribution in [0.3, 0.4) is 0 Å². The molecule has 0 saturated carbocycles. The number of amides is 2. The van der Waals surface area contributed by atoms with Crippen LogP contribution in [0.2, 0.25) is 5.02 Å². The molecular weight excluding hydrogens is 349 g/mol. The van der Waals surface area contributed by atoms with Gasteiger partial charge in [0.25, 0.3) is 0 Å². The molecule has 0 radical (unpaired) electrons. The zero-order chi connectivity index (χ0) is 17.1. The van der Waals surface area contributed by atoms with Gasteiger partial charge < -0.3 is 5.32 Å². The third-order valence-electron chi connectivity index (χ3n) is 3.37. The maximum Gasteiger partial charge on any atom is 0.332 e. The van der Waals surface area contributed by atoms with E-state index in [0.29, 0.717) is 28.3 Å². The van der Waals surface area contributed by atoms with E-state index in [1.807, 2.05) is 30.3 Å². The molecule has 1 atom stereocenters. The fourth-order valence-corrected chi connectivity index (χ4v) is 3.36. The molecule has 0 bridgehead atoms. The molecule has 124 valence electrons. The van der Waals surface area contributed by atoms with Crippen molar-refractivity contribution in [3.05, 3.63) is 59.4 Å². The summed E-state index contributed by atoms with van der Waals surface area (Å²) in [6, 6.07) is 13.0. The number of thioether (sulfide) groups is 1. The molecular formula is C17H15ClFN3OS. The molecule has 0 aromatic heterocycles. The summed E-state index contributed by atoms with van der Waals surface area (Å²) < 4.78 is 13.3. The average molecular weight is 364 g/mol. The Kier molecular flexibility index (Phi) is 5.06. The number of urea groups is 1. The summed E-state index contributed by atoms with van der Waals surface area (Å²) >= 11 is 7.31. The number of nitrogens with zero attached hydrogens (tertiary/aromatic N) is 2. The predicted molar refractivity (Wildman–Crippen MR) is 98.7 cm³/mol. The number of halogens is 2. The Morgan fingerprint density at radius 1 is 1.33 bits per heavy atom. The molecule has 2 amide bonds. The Bertz CT molecular complexity index is 785. The second-order valence-corrected chi connectivity index (χ2v) is 7.09. The first-order valence-electron chi connectivity index (χ1n) is 7.37. The van der Waals surface area contributed by atoms with Crippen molar-refractivity contribution >= 4 is 45.9 Å². The minimum absolute atomic E-state index is 0.0414. The largest absolute Gasteiger partial charge is 0.332 e. The molecule has 1 aliphatic heterocycles. The van der Waals surface area contributed by atoms with Gasteiger partial charge in [0.2, 0.25) is 0 Å². The van der Waals surface area contributed by atoms with Crippen molar-refractivity contribution in [1.29, 1.82) is 0 Å². The quantitative estimate of drug-likeness (QED) is 0.815. The highest BCUT2D eigenvalue weighted by molar-refractivity contribution is 8.15. The lowest BCUT2D eigenvalue weighted by Gasteiger charge is -2.22. The van der Waals surface area contributed by atoms with E-state index in [-0.39, 0.29) is 11.1 Å². The van der Waals surface area contributed by atoms with Crippen LogP contribution in [0.15, 0.2) is 53.5 Å². The highest BCUT2D eigenvalue weighted by Gasteiger charge is 2.27. The number of hydrogen-bond acceptors (Lipinski definition) is 3. The molecule has 1 aliphatic rings. The Balaban J connectivity index is 1.87. The van der Waals surface area contributed by atoms with Gasteiger partial charge in [-0.15, -0.1) is 0 Å². The summed E-state index contributed by atoms with van der Waals surface area (Å²) in [6.45, 7) is 2.72. The van der Waals surface area contributed by atoms with Gasteiger partial charge in [0, 0.05) is 10.9 Å². The summed E-state index contributed by atoms with van der Waals surface area (Å²) in [6.07, 6.45) is 0. The number of aliphatic imine (C=N–C) groups is 1. The van der Waals surface area contributed by atoms with Gasteiger partial charge in [-0.05, 0) is 30.3 Å². The number of para-hydroxylation sites is 1. The first kappa shape index (κ1) is 16.8. The van der Waals surface area contributed by atoms with Gasteiger partial charge in [0.1, 0.15) is 5.82 Å². The Hall–Kier alpha value is -2.05. The van der Waals surface area contributed by atoms with E-state index < -0.39 is 5.82 Å².